The Hall–Kier alpha value is -1.88. The first kappa shape index (κ1) is 16.2. The van der Waals surface area contributed by atoms with Crippen molar-refractivity contribution in [2.24, 2.45) is 0 Å². The lowest BCUT2D eigenvalue weighted by molar-refractivity contribution is -0.155. The Balaban J connectivity index is 2.37. The highest BCUT2D eigenvalue weighted by Crippen LogP contribution is 2.06. The van der Waals surface area contributed by atoms with E-state index in [2.05, 4.69) is 5.32 Å². The average Bonchev–Trinajstić information content (AvgIpc) is 2.35. The van der Waals surface area contributed by atoms with Gasteiger partial charge in [0, 0.05) is 6.42 Å². The quantitative estimate of drug-likeness (QED) is 0.790. The molecule has 1 atom stereocenters. The number of amides is 1. The number of benzene rings is 1. The number of hydrogen-bond donors (Lipinski definition) is 2. The number of esters is 1. The number of nitrogens with one attached hydrogen (secondary N) is 1. The van der Waals surface area contributed by atoms with E-state index >= 15 is 0 Å². The Morgan fingerprint density at radius 2 is 1.85 bits per heavy atom. The molecule has 110 valence electrons. The highest BCUT2D eigenvalue weighted by atomic mass is 16.6. The molecular weight excluding hydrogens is 258 g/mol. The molecule has 1 aromatic carbocycles. The van der Waals surface area contributed by atoms with Gasteiger partial charge in [-0.15, -0.1) is 0 Å². The van der Waals surface area contributed by atoms with Crippen LogP contribution >= 0.6 is 0 Å². The summed E-state index contributed by atoms with van der Waals surface area (Å²) >= 11 is 0. The lowest BCUT2D eigenvalue weighted by Gasteiger charge is -2.20. The van der Waals surface area contributed by atoms with Crippen molar-refractivity contribution in [1.82, 2.24) is 5.32 Å². The average molecular weight is 279 g/mol. The third-order valence-corrected chi connectivity index (χ3v) is 2.40. The van der Waals surface area contributed by atoms with Crippen LogP contribution in [0.1, 0.15) is 26.3 Å². The molecule has 1 aromatic rings. The van der Waals surface area contributed by atoms with Gasteiger partial charge in [0.05, 0.1) is 0 Å². The second kappa shape index (κ2) is 7.05. The van der Waals surface area contributed by atoms with Crippen LogP contribution < -0.4 is 5.32 Å². The number of carbonyl (C=O) groups is 2. The first-order valence-electron chi connectivity index (χ1n) is 6.49. The van der Waals surface area contributed by atoms with Gasteiger partial charge in [-0.1, -0.05) is 30.3 Å². The van der Waals surface area contributed by atoms with Crippen molar-refractivity contribution >= 4 is 11.9 Å². The van der Waals surface area contributed by atoms with Crippen LogP contribution in [0.5, 0.6) is 0 Å². The van der Waals surface area contributed by atoms with Crippen LogP contribution in [0.4, 0.5) is 0 Å². The SMILES string of the molecule is CC(C)(C)OC(=O)CNC(=O)[C@@H](O)Cc1ccccc1. The molecule has 0 spiro atoms. The summed E-state index contributed by atoms with van der Waals surface area (Å²) in [6, 6.07) is 9.18. The molecule has 2 N–H and O–H groups in total. The van der Waals surface area contributed by atoms with Gasteiger partial charge in [-0.05, 0) is 26.3 Å². The molecule has 5 heteroatoms. The molecule has 5 nitrogen and oxygen atoms in total. The van der Waals surface area contributed by atoms with Gasteiger partial charge in [-0.2, -0.15) is 0 Å². The van der Waals surface area contributed by atoms with Crippen molar-refractivity contribution in [3.63, 3.8) is 0 Å². The normalized spacial score (nSPS) is 12.6. The first-order chi connectivity index (χ1) is 9.28. The summed E-state index contributed by atoms with van der Waals surface area (Å²) in [4.78, 5) is 23.1. The Morgan fingerprint density at radius 1 is 1.25 bits per heavy atom. The molecular formula is C15H21NO4. The smallest absolute Gasteiger partial charge is 0.325 e. The third-order valence-electron chi connectivity index (χ3n) is 2.40. The molecule has 0 heterocycles. The summed E-state index contributed by atoms with van der Waals surface area (Å²) in [5, 5.41) is 12.1. The molecule has 0 fully saturated rings. The summed E-state index contributed by atoms with van der Waals surface area (Å²) < 4.78 is 5.05. The van der Waals surface area contributed by atoms with Gasteiger partial charge in [0.15, 0.2) is 0 Å². The lowest BCUT2D eigenvalue weighted by Crippen LogP contribution is -2.40. The molecule has 0 saturated carbocycles. The predicted octanol–water partition coefficient (Wildman–Crippen LogP) is 1.05. The zero-order valence-corrected chi connectivity index (χ0v) is 12.1. The predicted molar refractivity (Wildman–Crippen MR) is 75.0 cm³/mol. The number of hydrogen-bond acceptors (Lipinski definition) is 4. The highest BCUT2D eigenvalue weighted by molar-refractivity contribution is 5.85. The topological polar surface area (TPSA) is 75.6 Å². The molecule has 1 rings (SSSR count). The molecule has 0 aromatic heterocycles. The third kappa shape index (κ3) is 6.33. The molecule has 0 saturated heterocycles. The minimum absolute atomic E-state index is 0.209. The van der Waals surface area contributed by atoms with Gasteiger partial charge >= 0.3 is 5.97 Å². The van der Waals surface area contributed by atoms with Crippen molar-refractivity contribution in [3.8, 4) is 0 Å². The van der Waals surface area contributed by atoms with Crippen LogP contribution in [0.2, 0.25) is 0 Å². The second-order valence-electron chi connectivity index (χ2n) is 5.51. The maximum Gasteiger partial charge on any atom is 0.325 e. The minimum atomic E-state index is -1.18. The fraction of sp³-hybridized carbons (Fsp3) is 0.467. The summed E-state index contributed by atoms with van der Waals surface area (Å²) in [6.07, 6.45) is -0.971. The van der Waals surface area contributed by atoms with Crippen molar-refractivity contribution in [2.45, 2.75) is 38.9 Å². The Labute approximate surface area is 118 Å². The van der Waals surface area contributed by atoms with Crippen molar-refractivity contribution in [2.75, 3.05) is 6.54 Å². The van der Waals surface area contributed by atoms with E-state index in [4.69, 9.17) is 4.74 Å². The molecule has 0 aliphatic heterocycles. The molecule has 1 amide bonds. The summed E-state index contributed by atoms with van der Waals surface area (Å²) in [7, 11) is 0. The van der Waals surface area contributed by atoms with E-state index in [1.165, 1.54) is 0 Å². The largest absolute Gasteiger partial charge is 0.459 e. The molecule has 0 unspecified atom stereocenters. The van der Waals surface area contributed by atoms with E-state index < -0.39 is 23.6 Å². The Bertz CT molecular complexity index is 451. The number of ether oxygens (including phenoxy) is 1. The van der Waals surface area contributed by atoms with Crippen molar-refractivity contribution in [3.05, 3.63) is 35.9 Å². The highest BCUT2D eigenvalue weighted by Gasteiger charge is 2.19. The molecule has 20 heavy (non-hydrogen) atoms. The lowest BCUT2D eigenvalue weighted by atomic mass is 10.1. The van der Waals surface area contributed by atoms with E-state index in [1.807, 2.05) is 30.3 Å². The minimum Gasteiger partial charge on any atom is -0.459 e. The monoisotopic (exact) mass is 279 g/mol. The number of carbonyl (C=O) groups excluding carboxylic acids is 2. The number of aliphatic hydroxyl groups excluding tert-OH is 1. The van der Waals surface area contributed by atoms with Gasteiger partial charge in [-0.25, -0.2) is 0 Å². The second-order valence-corrected chi connectivity index (χ2v) is 5.51. The van der Waals surface area contributed by atoms with Crippen LogP contribution in [0, 0.1) is 0 Å². The van der Waals surface area contributed by atoms with Crippen molar-refractivity contribution in [1.29, 1.82) is 0 Å². The Morgan fingerprint density at radius 3 is 2.40 bits per heavy atom. The van der Waals surface area contributed by atoms with Crippen LogP contribution in [-0.2, 0) is 20.7 Å². The van der Waals surface area contributed by atoms with E-state index in [0.29, 0.717) is 0 Å². The molecule has 0 bridgehead atoms. The van der Waals surface area contributed by atoms with Crippen LogP contribution in [0.15, 0.2) is 30.3 Å². The Kier molecular flexibility index (Phi) is 5.70. The number of aliphatic hydroxyl groups is 1. The summed E-state index contributed by atoms with van der Waals surface area (Å²) in [5.41, 5.74) is 0.261. The fourth-order valence-electron chi connectivity index (χ4n) is 1.58. The maximum absolute atomic E-state index is 11.6. The molecule has 0 radical (unpaired) electrons. The van der Waals surface area contributed by atoms with E-state index in [9.17, 15) is 14.7 Å². The summed E-state index contributed by atoms with van der Waals surface area (Å²) in [6.45, 7) is 4.99. The van der Waals surface area contributed by atoms with Gasteiger partial charge in [0.2, 0.25) is 5.91 Å². The van der Waals surface area contributed by atoms with Gasteiger partial charge in [-0.3, -0.25) is 9.59 Å². The standard InChI is InChI=1S/C15H21NO4/c1-15(2,3)20-13(18)10-16-14(19)12(17)9-11-7-5-4-6-8-11/h4-8,12,17H,9-10H2,1-3H3,(H,16,19)/t12-/m0/s1. The summed E-state index contributed by atoms with van der Waals surface area (Å²) in [5.74, 6) is -1.11. The van der Waals surface area contributed by atoms with Crippen LogP contribution in [0.3, 0.4) is 0 Å². The zero-order chi connectivity index (χ0) is 15.2. The van der Waals surface area contributed by atoms with Gasteiger partial charge in [0.25, 0.3) is 0 Å². The van der Waals surface area contributed by atoms with Crippen LogP contribution in [-0.4, -0.2) is 35.2 Å². The van der Waals surface area contributed by atoms with E-state index in [1.54, 1.807) is 20.8 Å². The molecule has 0 aliphatic carbocycles. The van der Waals surface area contributed by atoms with Gasteiger partial charge in [0.1, 0.15) is 18.2 Å². The van der Waals surface area contributed by atoms with E-state index in [-0.39, 0.29) is 13.0 Å². The zero-order valence-electron chi connectivity index (χ0n) is 12.1. The van der Waals surface area contributed by atoms with E-state index in [0.717, 1.165) is 5.56 Å². The van der Waals surface area contributed by atoms with Gasteiger partial charge < -0.3 is 15.2 Å². The first-order valence-corrected chi connectivity index (χ1v) is 6.49. The van der Waals surface area contributed by atoms with Crippen LogP contribution in [0.25, 0.3) is 0 Å². The maximum atomic E-state index is 11.6. The van der Waals surface area contributed by atoms with Crippen molar-refractivity contribution < 1.29 is 19.4 Å². The molecule has 0 aliphatic rings. The fourth-order valence-corrected chi connectivity index (χ4v) is 1.58. The number of rotatable bonds is 5.